The average molecular weight is 749 g/mol. The third-order valence-electron chi connectivity index (χ3n) is 10.7. The normalized spacial score (nSPS) is 18.9. The van der Waals surface area contributed by atoms with Crippen molar-refractivity contribution in [1.29, 1.82) is 0 Å². The summed E-state index contributed by atoms with van der Waals surface area (Å²) < 4.78 is 10.4. The monoisotopic (exact) mass is 748 g/mol. The SMILES string of the molecule is C[C@H]1CCCCN1c1nnc2ccc(O[C@@H]3CC[C@H](NC(=O)Nc4cc(C(C)(C)C)nn4-c4ccnc(CCN(C)CCN(C)C)n4)c4ccccc43)cn12. The van der Waals surface area contributed by atoms with Gasteiger partial charge in [-0.3, -0.25) is 9.72 Å². The maximum Gasteiger partial charge on any atom is 0.320 e. The molecule has 0 spiro atoms. The third-order valence-corrected chi connectivity index (χ3v) is 10.7. The van der Waals surface area contributed by atoms with E-state index in [1.807, 2.05) is 47.0 Å². The van der Waals surface area contributed by atoms with Crippen molar-refractivity contribution in [3.8, 4) is 11.6 Å². The molecule has 2 N–H and O–H groups in total. The molecule has 1 aliphatic heterocycles. The van der Waals surface area contributed by atoms with Crippen LogP contribution < -0.4 is 20.3 Å². The van der Waals surface area contributed by atoms with Gasteiger partial charge in [0.05, 0.1) is 17.9 Å². The second kappa shape index (κ2) is 16.3. The molecule has 7 rings (SSSR count). The lowest BCUT2D eigenvalue weighted by molar-refractivity contribution is 0.171. The van der Waals surface area contributed by atoms with Gasteiger partial charge in [-0.1, -0.05) is 45.0 Å². The average Bonchev–Trinajstić information content (AvgIpc) is 3.79. The van der Waals surface area contributed by atoms with Gasteiger partial charge in [-0.15, -0.1) is 10.2 Å². The Kier molecular flexibility index (Phi) is 11.3. The summed E-state index contributed by atoms with van der Waals surface area (Å²) in [6, 6.07) is 15.8. The van der Waals surface area contributed by atoms with Gasteiger partial charge in [0.1, 0.15) is 23.5 Å². The van der Waals surface area contributed by atoms with Gasteiger partial charge in [-0.05, 0) is 83.4 Å². The third kappa shape index (κ3) is 8.91. The topological polar surface area (TPSA) is 134 Å². The maximum atomic E-state index is 13.8. The number of nitrogens with one attached hydrogen (secondary N) is 2. The van der Waals surface area contributed by atoms with Gasteiger partial charge in [0.15, 0.2) is 11.5 Å². The van der Waals surface area contributed by atoms with E-state index in [9.17, 15) is 4.79 Å². The van der Waals surface area contributed by atoms with Gasteiger partial charge < -0.3 is 24.8 Å². The quantitative estimate of drug-likeness (QED) is 0.152. The largest absolute Gasteiger partial charge is 0.484 e. The summed E-state index contributed by atoms with van der Waals surface area (Å²) in [4.78, 5) is 30.0. The van der Waals surface area contributed by atoms with Crippen molar-refractivity contribution in [1.82, 2.24) is 49.5 Å². The van der Waals surface area contributed by atoms with E-state index in [0.717, 1.165) is 85.4 Å². The van der Waals surface area contributed by atoms with E-state index in [2.05, 4.69) is 101 Å². The van der Waals surface area contributed by atoms with E-state index in [0.29, 0.717) is 30.5 Å². The highest BCUT2D eigenvalue weighted by Crippen LogP contribution is 2.39. The molecule has 3 atom stereocenters. The number of ether oxygens (including phenoxy) is 1. The molecule has 0 bridgehead atoms. The predicted octanol–water partition coefficient (Wildman–Crippen LogP) is 6.19. The van der Waals surface area contributed by atoms with Gasteiger partial charge in [0, 0.05) is 62.4 Å². The van der Waals surface area contributed by atoms with Gasteiger partial charge in [-0.2, -0.15) is 9.78 Å². The minimum absolute atomic E-state index is 0.167. The Morgan fingerprint density at radius 1 is 0.964 bits per heavy atom. The van der Waals surface area contributed by atoms with Crippen LogP contribution in [0.5, 0.6) is 5.75 Å². The number of piperidine rings is 1. The number of hydrogen-bond acceptors (Lipinski definition) is 10. The molecule has 1 aliphatic carbocycles. The summed E-state index contributed by atoms with van der Waals surface area (Å²) in [5.74, 6) is 3.50. The molecule has 292 valence electrons. The summed E-state index contributed by atoms with van der Waals surface area (Å²) >= 11 is 0. The number of aromatic nitrogens is 7. The van der Waals surface area contributed by atoms with Crippen molar-refractivity contribution in [2.45, 2.75) is 89.8 Å². The second-order valence-corrected chi connectivity index (χ2v) is 16.4. The predicted molar refractivity (Wildman–Crippen MR) is 215 cm³/mol. The molecule has 4 aromatic heterocycles. The lowest BCUT2D eigenvalue weighted by atomic mass is 9.85. The van der Waals surface area contributed by atoms with Crippen molar-refractivity contribution in [2.75, 3.05) is 57.5 Å². The molecule has 2 aliphatic rings. The molecule has 0 unspecified atom stereocenters. The van der Waals surface area contributed by atoms with Crippen LogP contribution in [0.25, 0.3) is 11.5 Å². The van der Waals surface area contributed by atoms with E-state index in [-0.39, 0.29) is 23.6 Å². The number of pyridine rings is 1. The second-order valence-electron chi connectivity index (χ2n) is 16.4. The van der Waals surface area contributed by atoms with Crippen LogP contribution in [0, 0.1) is 0 Å². The minimum atomic E-state index is -0.310. The van der Waals surface area contributed by atoms with Crippen LogP contribution in [0.4, 0.5) is 16.6 Å². The van der Waals surface area contributed by atoms with Crippen LogP contribution >= 0.6 is 0 Å². The van der Waals surface area contributed by atoms with Crippen LogP contribution in [-0.4, -0.2) is 104 Å². The van der Waals surface area contributed by atoms with Gasteiger partial charge >= 0.3 is 6.03 Å². The number of amides is 2. The molecular weight excluding hydrogens is 693 g/mol. The number of anilines is 2. The van der Waals surface area contributed by atoms with Crippen LogP contribution in [0.2, 0.25) is 0 Å². The van der Waals surface area contributed by atoms with E-state index in [4.69, 9.17) is 14.8 Å². The number of fused-ring (bicyclic) bond motifs is 2. The molecule has 1 fully saturated rings. The maximum absolute atomic E-state index is 13.8. The molecule has 55 heavy (non-hydrogen) atoms. The summed E-state index contributed by atoms with van der Waals surface area (Å²) in [7, 11) is 6.27. The fraction of sp³-hybridized carbons (Fsp3) is 0.512. The van der Waals surface area contributed by atoms with E-state index < -0.39 is 0 Å². The van der Waals surface area contributed by atoms with Crippen molar-refractivity contribution in [3.05, 3.63) is 83.6 Å². The van der Waals surface area contributed by atoms with E-state index >= 15 is 0 Å². The highest BCUT2D eigenvalue weighted by Gasteiger charge is 2.31. The molecule has 14 nitrogen and oxygen atoms in total. The molecule has 2 amide bonds. The van der Waals surface area contributed by atoms with Crippen LogP contribution in [0.15, 0.2) is 60.9 Å². The molecular formula is C41H56N12O2. The first-order valence-electron chi connectivity index (χ1n) is 19.6. The number of nitrogens with zero attached hydrogens (tertiary/aromatic N) is 10. The fourth-order valence-corrected chi connectivity index (χ4v) is 7.43. The molecule has 5 heterocycles. The Balaban J connectivity index is 1.05. The zero-order valence-electron chi connectivity index (χ0n) is 33.4. The Morgan fingerprint density at radius 3 is 2.56 bits per heavy atom. The Hall–Kier alpha value is -5.08. The van der Waals surface area contributed by atoms with Crippen LogP contribution in [-0.2, 0) is 11.8 Å². The van der Waals surface area contributed by atoms with Gasteiger partial charge in [0.2, 0.25) is 5.95 Å². The number of carbonyl (C=O) groups is 1. The van der Waals surface area contributed by atoms with Crippen molar-refractivity contribution in [3.63, 3.8) is 0 Å². The number of likely N-dealkylation sites (N-methyl/N-ethyl adjacent to an activating group) is 2. The molecule has 14 heteroatoms. The molecule has 1 saturated heterocycles. The summed E-state index contributed by atoms with van der Waals surface area (Å²) in [5.41, 5.74) is 3.51. The lowest BCUT2D eigenvalue weighted by Gasteiger charge is -2.33. The Bertz CT molecular complexity index is 2080. The van der Waals surface area contributed by atoms with E-state index in [1.54, 1.807) is 10.9 Å². The van der Waals surface area contributed by atoms with Crippen LogP contribution in [0.1, 0.15) is 94.6 Å². The zero-order chi connectivity index (χ0) is 38.7. The van der Waals surface area contributed by atoms with Gasteiger partial charge in [-0.25, -0.2) is 14.8 Å². The highest BCUT2D eigenvalue weighted by molar-refractivity contribution is 5.89. The lowest BCUT2D eigenvalue weighted by Crippen LogP contribution is -2.38. The molecule has 0 saturated carbocycles. The Labute approximate surface area is 324 Å². The summed E-state index contributed by atoms with van der Waals surface area (Å²) in [6.45, 7) is 12.3. The van der Waals surface area contributed by atoms with E-state index in [1.165, 1.54) is 6.42 Å². The first-order chi connectivity index (χ1) is 26.4. The smallest absolute Gasteiger partial charge is 0.320 e. The Morgan fingerprint density at radius 2 is 1.78 bits per heavy atom. The first-order valence-corrected chi connectivity index (χ1v) is 19.6. The first kappa shape index (κ1) is 38.2. The summed E-state index contributed by atoms with van der Waals surface area (Å²) in [6.07, 6.45) is 9.30. The van der Waals surface area contributed by atoms with Crippen molar-refractivity contribution < 1.29 is 9.53 Å². The minimum Gasteiger partial charge on any atom is -0.484 e. The number of carbonyl (C=O) groups excluding carboxylic acids is 1. The molecule has 5 aromatic rings. The van der Waals surface area contributed by atoms with Gasteiger partial charge in [0.25, 0.3) is 0 Å². The number of urea groups is 1. The number of benzene rings is 1. The zero-order valence-corrected chi connectivity index (χ0v) is 33.4. The number of rotatable bonds is 12. The molecule has 1 aromatic carbocycles. The molecule has 0 radical (unpaired) electrons. The highest BCUT2D eigenvalue weighted by atomic mass is 16.5. The van der Waals surface area contributed by atoms with Crippen molar-refractivity contribution in [2.24, 2.45) is 0 Å². The number of hydrogen-bond donors (Lipinski definition) is 2. The fourth-order valence-electron chi connectivity index (χ4n) is 7.43. The standard InChI is InChI=1S/C41H56N12O2/c1-28-12-10-11-22-51(28)40-47-46-37-18-15-29(27-52(37)40)55-33-17-16-32(30-13-8-9-14-31(30)33)43-39(54)45-38-26-34(41(2,3)4)48-53(38)36-19-21-42-35(44-36)20-23-50(7)25-24-49(5)6/h8-9,13-15,18-19,21,26-28,32-33H,10-12,16-17,20,22-25H2,1-7H3,(H2,43,45,54)/t28-,32-,33+/m0/s1. The van der Waals surface area contributed by atoms with Crippen molar-refractivity contribution >= 4 is 23.4 Å². The van der Waals surface area contributed by atoms with Crippen LogP contribution in [0.3, 0.4) is 0 Å². The summed E-state index contributed by atoms with van der Waals surface area (Å²) in [5, 5.41) is 20.3.